The largest absolute Gasteiger partial charge is 0.370 e. The summed E-state index contributed by atoms with van der Waals surface area (Å²) in [5, 5.41) is -0.370. The van der Waals surface area contributed by atoms with Crippen molar-refractivity contribution in [2.24, 2.45) is 5.73 Å². The van der Waals surface area contributed by atoms with Gasteiger partial charge in [-0.25, -0.2) is 13.1 Å². The molecular formula is C11H15ClN2O3S. The average Bonchev–Trinajstić information content (AvgIpc) is 2.27. The van der Waals surface area contributed by atoms with Gasteiger partial charge in [-0.05, 0) is 31.2 Å². The average molecular weight is 291 g/mol. The van der Waals surface area contributed by atoms with E-state index >= 15 is 0 Å². The van der Waals surface area contributed by atoms with Crippen LogP contribution in [-0.4, -0.2) is 26.6 Å². The lowest BCUT2D eigenvalue weighted by Gasteiger charge is -2.15. The van der Waals surface area contributed by atoms with Gasteiger partial charge in [-0.2, -0.15) is 0 Å². The highest BCUT2D eigenvalue weighted by Gasteiger charge is 2.26. The molecule has 1 unspecified atom stereocenters. The molecule has 1 atom stereocenters. The van der Waals surface area contributed by atoms with E-state index < -0.39 is 21.2 Å². The van der Waals surface area contributed by atoms with Crippen LogP contribution >= 0.6 is 11.6 Å². The molecule has 5 nitrogen and oxygen atoms in total. The number of hydrogen-bond acceptors (Lipinski definition) is 3. The van der Waals surface area contributed by atoms with E-state index in [1.807, 2.05) is 0 Å². The summed E-state index contributed by atoms with van der Waals surface area (Å²) in [5.74, 6) is -0.652. The molecule has 0 radical (unpaired) electrons. The van der Waals surface area contributed by atoms with Gasteiger partial charge in [0.1, 0.15) is 0 Å². The first kappa shape index (κ1) is 14.9. The molecule has 1 aromatic carbocycles. The van der Waals surface area contributed by atoms with Gasteiger partial charge in [-0.15, -0.1) is 0 Å². The van der Waals surface area contributed by atoms with E-state index in [0.29, 0.717) is 5.02 Å². The fraction of sp³-hybridized carbons (Fsp3) is 0.364. The van der Waals surface area contributed by atoms with Crippen LogP contribution in [0.15, 0.2) is 24.3 Å². The van der Waals surface area contributed by atoms with Crippen molar-refractivity contribution in [3.05, 3.63) is 34.9 Å². The van der Waals surface area contributed by atoms with E-state index in [-0.39, 0.29) is 12.8 Å². The molecule has 1 rings (SSSR count). The van der Waals surface area contributed by atoms with Crippen molar-refractivity contribution in [2.45, 2.75) is 18.1 Å². The summed E-state index contributed by atoms with van der Waals surface area (Å²) >= 11 is 5.83. The van der Waals surface area contributed by atoms with Gasteiger partial charge in [0.25, 0.3) is 0 Å². The fourth-order valence-electron chi connectivity index (χ4n) is 1.61. The van der Waals surface area contributed by atoms with Gasteiger partial charge < -0.3 is 5.73 Å². The Bertz CT molecular complexity index is 531. The molecule has 0 heterocycles. The number of hydrogen-bond donors (Lipinski definition) is 2. The maximum atomic E-state index is 11.8. The van der Waals surface area contributed by atoms with Crippen molar-refractivity contribution in [1.29, 1.82) is 0 Å². The predicted octanol–water partition coefficient (Wildman–Crippen LogP) is 0.676. The maximum absolute atomic E-state index is 11.8. The highest BCUT2D eigenvalue weighted by molar-refractivity contribution is 7.90. The van der Waals surface area contributed by atoms with E-state index in [1.165, 1.54) is 7.05 Å². The molecule has 0 aliphatic carbocycles. The quantitative estimate of drug-likeness (QED) is 0.807. The zero-order valence-corrected chi connectivity index (χ0v) is 11.5. The van der Waals surface area contributed by atoms with Crippen molar-refractivity contribution in [1.82, 2.24) is 4.72 Å². The SMILES string of the molecule is CNS(=O)(=O)C(CC(N)=O)Cc1cccc(Cl)c1. The zero-order chi connectivity index (χ0) is 13.8. The number of benzene rings is 1. The van der Waals surface area contributed by atoms with E-state index in [9.17, 15) is 13.2 Å². The number of sulfonamides is 1. The van der Waals surface area contributed by atoms with Crippen LogP contribution in [0, 0.1) is 0 Å². The van der Waals surface area contributed by atoms with Crippen LogP contribution in [0.25, 0.3) is 0 Å². The molecular weight excluding hydrogens is 276 g/mol. The van der Waals surface area contributed by atoms with Crippen LogP contribution in [-0.2, 0) is 21.2 Å². The second-order valence-corrected chi connectivity index (χ2v) is 6.48. The highest BCUT2D eigenvalue weighted by atomic mass is 35.5. The molecule has 0 saturated carbocycles. The molecule has 7 heteroatoms. The van der Waals surface area contributed by atoms with Crippen molar-refractivity contribution < 1.29 is 13.2 Å². The maximum Gasteiger partial charge on any atom is 0.218 e. The number of primary amides is 1. The van der Waals surface area contributed by atoms with E-state index in [2.05, 4.69) is 4.72 Å². The number of amides is 1. The van der Waals surface area contributed by atoms with Crippen LogP contribution < -0.4 is 10.5 Å². The van der Waals surface area contributed by atoms with Gasteiger partial charge in [-0.1, -0.05) is 23.7 Å². The Kier molecular flexibility index (Phi) is 5.13. The lowest BCUT2D eigenvalue weighted by molar-refractivity contribution is -0.118. The molecule has 0 spiro atoms. The topological polar surface area (TPSA) is 89.3 Å². The van der Waals surface area contributed by atoms with E-state index in [4.69, 9.17) is 17.3 Å². The Labute approximate surface area is 111 Å². The molecule has 1 amide bonds. The third kappa shape index (κ3) is 4.29. The van der Waals surface area contributed by atoms with E-state index in [0.717, 1.165) is 5.56 Å². The van der Waals surface area contributed by atoms with Crippen LogP contribution in [0.4, 0.5) is 0 Å². The third-order valence-corrected chi connectivity index (χ3v) is 4.52. The molecule has 100 valence electrons. The molecule has 0 fully saturated rings. The van der Waals surface area contributed by atoms with Gasteiger partial charge in [0.15, 0.2) is 0 Å². The first-order valence-corrected chi connectivity index (χ1v) is 7.22. The summed E-state index contributed by atoms with van der Waals surface area (Å²) in [7, 11) is -2.25. The number of carbonyl (C=O) groups is 1. The molecule has 3 N–H and O–H groups in total. The van der Waals surface area contributed by atoms with Gasteiger partial charge in [0.05, 0.1) is 5.25 Å². The second-order valence-electron chi connectivity index (χ2n) is 3.88. The summed E-state index contributed by atoms with van der Waals surface area (Å²) in [6.07, 6.45) is -0.0393. The molecule has 0 aliphatic rings. The Morgan fingerprint density at radius 1 is 1.50 bits per heavy atom. The minimum absolute atomic E-state index is 0.187. The van der Waals surface area contributed by atoms with Crippen LogP contribution in [0.1, 0.15) is 12.0 Å². The Morgan fingerprint density at radius 3 is 2.67 bits per heavy atom. The minimum atomic E-state index is -3.56. The lowest BCUT2D eigenvalue weighted by Crippen LogP contribution is -2.36. The third-order valence-electron chi connectivity index (χ3n) is 2.50. The summed E-state index contributed by atoms with van der Waals surface area (Å²) in [5.41, 5.74) is 5.81. The fourth-order valence-corrected chi connectivity index (χ4v) is 2.95. The van der Waals surface area contributed by atoms with Crippen LogP contribution in [0.2, 0.25) is 5.02 Å². The van der Waals surface area contributed by atoms with Crippen LogP contribution in [0.5, 0.6) is 0 Å². The molecule has 1 aromatic rings. The van der Waals surface area contributed by atoms with Crippen molar-refractivity contribution in [3.8, 4) is 0 Å². The normalized spacial score (nSPS) is 13.2. The molecule has 0 saturated heterocycles. The summed E-state index contributed by atoms with van der Waals surface area (Å²) in [6, 6.07) is 6.84. The standard InChI is InChI=1S/C11H15ClN2O3S/c1-14-18(16,17)10(7-11(13)15)6-8-3-2-4-9(12)5-8/h2-5,10,14H,6-7H2,1H3,(H2,13,15). The second kappa shape index (κ2) is 6.17. The Balaban J connectivity index is 2.95. The summed E-state index contributed by atoms with van der Waals surface area (Å²) in [4.78, 5) is 10.9. The summed E-state index contributed by atoms with van der Waals surface area (Å²) in [6.45, 7) is 0. The van der Waals surface area contributed by atoms with E-state index in [1.54, 1.807) is 24.3 Å². The first-order valence-electron chi connectivity index (χ1n) is 5.30. The smallest absolute Gasteiger partial charge is 0.218 e. The minimum Gasteiger partial charge on any atom is -0.370 e. The van der Waals surface area contributed by atoms with Crippen molar-refractivity contribution in [2.75, 3.05) is 7.05 Å². The first-order chi connectivity index (χ1) is 8.35. The van der Waals surface area contributed by atoms with Gasteiger partial charge in [0.2, 0.25) is 15.9 Å². The van der Waals surface area contributed by atoms with Gasteiger partial charge >= 0.3 is 0 Å². The number of nitrogens with two attached hydrogens (primary N) is 1. The predicted molar refractivity (Wildman–Crippen MR) is 70.7 cm³/mol. The number of halogens is 1. The molecule has 0 aliphatic heterocycles. The highest BCUT2D eigenvalue weighted by Crippen LogP contribution is 2.16. The van der Waals surface area contributed by atoms with Gasteiger partial charge in [0, 0.05) is 11.4 Å². The van der Waals surface area contributed by atoms with Crippen molar-refractivity contribution >= 4 is 27.5 Å². The monoisotopic (exact) mass is 290 g/mol. The molecule has 0 aromatic heterocycles. The number of carbonyl (C=O) groups excluding carboxylic acids is 1. The molecule has 18 heavy (non-hydrogen) atoms. The number of nitrogens with one attached hydrogen (secondary N) is 1. The summed E-state index contributed by atoms with van der Waals surface area (Å²) < 4.78 is 25.8. The Morgan fingerprint density at radius 2 is 2.17 bits per heavy atom. The van der Waals surface area contributed by atoms with Crippen LogP contribution in [0.3, 0.4) is 0 Å². The van der Waals surface area contributed by atoms with Crippen molar-refractivity contribution in [3.63, 3.8) is 0 Å². The lowest BCUT2D eigenvalue weighted by atomic mass is 10.1. The Hall–Kier alpha value is -1.11. The van der Waals surface area contributed by atoms with Gasteiger partial charge in [-0.3, -0.25) is 4.79 Å². The molecule has 0 bridgehead atoms. The number of rotatable bonds is 6. The zero-order valence-electron chi connectivity index (χ0n) is 9.89.